The van der Waals surface area contributed by atoms with Gasteiger partial charge in [-0.05, 0) is 90.9 Å². The summed E-state index contributed by atoms with van der Waals surface area (Å²) < 4.78 is 26.2. The number of methoxy groups -OCH3 is 1. The zero-order valence-electron chi connectivity index (χ0n) is 26.7. The van der Waals surface area contributed by atoms with Gasteiger partial charge in [-0.15, -0.1) is 16.4 Å². The van der Waals surface area contributed by atoms with Crippen molar-refractivity contribution in [3.8, 4) is 27.6 Å². The molecule has 0 saturated carbocycles. The third kappa shape index (κ3) is 4.92. The molecule has 2 unspecified atom stereocenters. The van der Waals surface area contributed by atoms with Gasteiger partial charge >= 0.3 is 6.01 Å². The number of anilines is 2. The Kier molecular flexibility index (Phi) is 7.08. The number of hydrogen-bond donors (Lipinski definition) is 2. The maximum atomic E-state index is 14.2. The van der Waals surface area contributed by atoms with Crippen LogP contribution in [0.2, 0.25) is 0 Å². The maximum Gasteiger partial charge on any atom is 0.313 e. The fraction of sp³-hybridized carbons (Fsp3) is 0.270. The van der Waals surface area contributed by atoms with Crippen molar-refractivity contribution in [3.63, 3.8) is 0 Å². The summed E-state index contributed by atoms with van der Waals surface area (Å²) in [5, 5.41) is 13.0. The molecule has 12 heteroatoms. The van der Waals surface area contributed by atoms with Gasteiger partial charge in [0.25, 0.3) is 11.8 Å². The van der Waals surface area contributed by atoms with E-state index in [-0.39, 0.29) is 35.7 Å². The minimum absolute atomic E-state index is 0.0377. The molecule has 10 nitrogen and oxygen atoms in total. The van der Waals surface area contributed by atoms with Gasteiger partial charge in [0.1, 0.15) is 17.4 Å². The lowest BCUT2D eigenvalue weighted by molar-refractivity contribution is 0.0776. The van der Waals surface area contributed by atoms with Crippen molar-refractivity contribution in [1.82, 2.24) is 25.1 Å². The van der Waals surface area contributed by atoms with Gasteiger partial charge in [0.15, 0.2) is 0 Å². The quantitative estimate of drug-likeness (QED) is 0.171. The van der Waals surface area contributed by atoms with Gasteiger partial charge in [0.2, 0.25) is 0 Å². The first-order chi connectivity index (χ1) is 24.0. The van der Waals surface area contributed by atoms with E-state index in [4.69, 9.17) is 24.9 Å². The van der Waals surface area contributed by atoms with Crippen molar-refractivity contribution in [2.45, 2.75) is 50.6 Å². The molecule has 0 spiro atoms. The van der Waals surface area contributed by atoms with Gasteiger partial charge < -0.3 is 25.1 Å². The third-order valence-corrected chi connectivity index (χ3v) is 11.2. The zero-order chi connectivity index (χ0) is 33.2. The molecular weight excluding hydrogens is 642 g/mol. The van der Waals surface area contributed by atoms with Crippen LogP contribution in [0.5, 0.6) is 5.75 Å². The highest BCUT2D eigenvalue weighted by atomic mass is 32.1. The molecule has 1 amide bonds. The first-order valence-electron chi connectivity index (χ1n) is 16.5. The highest BCUT2D eigenvalue weighted by Gasteiger charge is 2.45. The lowest BCUT2D eigenvalue weighted by Crippen LogP contribution is -2.22. The van der Waals surface area contributed by atoms with Gasteiger partial charge in [-0.2, -0.15) is 0 Å². The van der Waals surface area contributed by atoms with Crippen molar-refractivity contribution < 1.29 is 18.3 Å². The SMILES string of the molecule is COc1cccc2c1CCC2Nc1nccc2cc(-c3c4c(nc(CCc5ccc(F)cc5)c3-c3nnc(N)o3)C3CCCN3C4=O)sc12. The number of benzene rings is 2. The topological polar surface area (TPSA) is 132 Å². The number of hydrogen-bond acceptors (Lipinski definition) is 10. The van der Waals surface area contributed by atoms with Gasteiger partial charge in [0, 0.05) is 23.2 Å². The Morgan fingerprint density at radius 3 is 2.78 bits per heavy atom. The van der Waals surface area contributed by atoms with Crippen LogP contribution in [-0.4, -0.2) is 44.6 Å². The Hall–Kier alpha value is -5.36. The number of nitrogens with one attached hydrogen (secondary N) is 1. The number of carbonyl (C=O) groups excluding carboxylic acids is 1. The number of carbonyl (C=O) groups is 1. The van der Waals surface area contributed by atoms with Crippen molar-refractivity contribution >= 4 is 39.2 Å². The lowest BCUT2D eigenvalue weighted by atomic mass is 9.93. The van der Waals surface area contributed by atoms with Crippen LogP contribution in [0, 0.1) is 5.82 Å². The largest absolute Gasteiger partial charge is 0.496 e. The number of amides is 1. The van der Waals surface area contributed by atoms with Crippen LogP contribution < -0.4 is 15.8 Å². The zero-order valence-corrected chi connectivity index (χ0v) is 27.5. The predicted molar refractivity (Wildman–Crippen MR) is 185 cm³/mol. The van der Waals surface area contributed by atoms with E-state index in [1.807, 2.05) is 29.3 Å². The summed E-state index contributed by atoms with van der Waals surface area (Å²) in [5.74, 6) is 1.58. The molecule has 2 aromatic carbocycles. The molecule has 1 fully saturated rings. The number of halogens is 1. The van der Waals surface area contributed by atoms with E-state index in [9.17, 15) is 9.18 Å². The Balaban J connectivity index is 1.20. The molecule has 2 atom stereocenters. The monoisotopic (exact) mass is 673 g/mol. The molecular formula is C37H32FN7O3S. The Morgan fingerprint density at radius 2 is 1.96 bits per heavy atom. The van der Waals surface area contributed by atoms with Crippen LogP contribution in [0.15, 0.2) is 65.2 Å². The Labute approximate surface area is 285 Å². The van der Waals surface area contributed by atoms with E-state index in [1.54, 1.807) is 30.6 Å². The molecule has 6 aromatic rings. The average Bonchev–Trinajstić information content (AvgIpc) is 3.95. The Morgan fingerprint density at radius 1 is 1.08 bits per heavy atom. The summed E-state index contributed by atoms with van der Waals surface area (Å²) in [6.07, 6.45) is 6.55. The predicted octanol–water partition coefficient (Wildman–Crippen LogP) is 7.31. The summed E-state index contributed by atoms with van der Waals surface area (Å²) in [6.45, 7) is 0.686. The molecule has 0 bridgehead atoms. The first-order valence-corrected chi connectivity index (χ1v) is 17.3. The average molecular weight is 674 g/mol. The van der Waals surface area contributed by atoms with Crippen LogP contribution in [0.1, 0.15) is 69.8 Å². The molecule has 3 aliphatic rings. The number of pyridine rings is 2. The van der Waals surface area contributed by atoms with Crippen molar-refractivity contribution in [2.75, 3.05) is 24.7 Å². The second kappa shape index (κ2) is 11.7. The minimum atomic E-state index is -0.284. The van der Waals surface area contributed by atoms with Gasteiger partial charge in [-0.25, -0.2) is 9.37 Å². The number of ether oxygens (including phenoxy) is 1. The van der Waals surface area contributed by atoms with Crippen molar-refractivity contribution in [2.24, 2.45) is 0 Å². The van der Waals surface area contributed by atoms with Crippen LogP contribution in [0.4, 0.5) is 16.2 Å². The number of rotatable bonds is 8. The number of thiophene rings is 1. The first kappa shape index (κ1) is 29.8. The third-order valence-electron chi connectivity index (χ3n) is 10.0. The highest BCUT2D eigenvalue weighted by molar-refractivity contribution is 7.23. The number of nitrogens with zero attached hydrogens (tertiary/aromatic N) is 5. The second-order valence-electron chi connectivity index (χ2n) is 12.7. The van der Waals surface area contributed by atoms with E-state index in [0.717, 1.165) is 74.7 Å². The van der Waals surface area contributed by atoms with E-state index in [1.165, 1.54) is 23.3 Å². The van der Waals surface area contributed by atoms with Crippen LogP contribution in [-0.2, 0) is 19.3 Å². The summed E-state index contributed by atoms with van der Waals surface area (Å²) in [7, 11) is 1.71. The smallest absolute Gasteiger partial charge is 0.313 e. The van der Waals surface area contributed by atoms with Crippen LogP contribution in [0.25, 0.3) is 32.0 Å². The molecule has 4 aromatic heterocycles. The minimum Gasteiger partial charge on any atom is -0.496 e. The molecule has 6 heterocycles. The van der Waals surface area contributed by atoms with Crippen LogP contribution >= 0.6 is 11.3 Å². The fourth-order valence-electron chi connectivity index (χ4n) is 7.77. The fourth-order valence-corrected chi connectivity index (χ4v) is 8.94. The molecule has 1 aliphatic carbocycles. The van der Waals surface area contributed by atoms with E-state index in [2.05, 4.69) is 27.6 Å². The van der Waals surface area contributed by atoms with E-state index in [0.29, 0.717) is 30.5 Å². The number of nitrogens with two attached hydrogens (primary N) is 1. The van der Waals surface area contributed by atoms with E-state index < -0.39 is 0 Å². The van der Waals surface area contributed by atoms with E-state index >= 15 is 0 Å². The van der Waals surface area contributed by atoms with Crippen molar-refractivity contribution in [3.05, 3.63) is 100 Å². The lowest BCUT2D eigenvalue weighted by Gasteiger charge is -2.16. The van der Waals surface area contributed by atoms with Gasteiger partial charge in [-0.3, -0.25) is 9.78 Å². The summed E-state index contributed by atoms with van der Waals surface area (Å²) in [6, 6.07) is 16.7. The Bertz CT molecular complexity index is 2270. The number of aryl methyl sites for hydroxylation is 2. The van der Waals surface area contributed by atoms with Crippen molar-refractivity contribution in [1.29, 1.82) is 0 Å². The molecule has 9 rings (SSSR count). The highest BCUT2D eigenvalue weighted by Crippen LogP contribution is 2.51. The standard InChI is InChI=1S/C37H32FN7O3S/c1-47-27-6-2-4-22-23(27)12-14-24(22)42-34-33-20(15-16-40-34)18-28(49-33)30-29(35-43-44-37(39)48-35)25(13-9-19-7-10-21(38)11-8-19)41-32-26-5-3-17-45(26)36(46)31(30)32/h2,4,6-8,10-11,15-16,18,24,26H,3,5,9,12-14,17H2,1H3,(H2,39,44)(H,40,42). The number of nitrogen functional groups attached to an aromatic ring is 1. The van der Waals surface area contributed by atoms with Gasteiger partial charge in [0.05, 0.1) is 46.4 Å². The molecule has 3 N–H and O–H groups in total. The maximum absolute atomic E-state index is 14.2. The normalized spacial score (nSPS) is 17.8. The van der Waals surface area contributed by atoms with Crippen LogP contribution in [0.3, 0.4) is 0 Å². The summed E-state index contributed by atoms with van der Waals surface area (Å²) >= 11 is 1.57. The van der Waals surface area contributed by atoms with Gasteiger partial charge in [-0.1, -0.05) is 29.4 Å². The molecule has 49 heavy (non-hydrogen) atoms. The molecule has 0 radical (unpaired) electrons. The number of aromatic nitrogens is 4. The summed E-state index contributed by atoms with van der Waals surface area (Å²) in [4.78, 5) is 27.0. The molecule has 1 saturated heterocycles. The number of fused-ring (bicyclic) bond motifs is 5. The molecule has 246 valence electrons. The summed E-state index contributed by atoms with van der Waals surface area (Å²) in [5.41, 5.74) is 12.8. The second-order valence-corrected chi connectivity index (χ2v) is 13.8. The molecule has 2 aliphatic heterocycles.